The summed E-state index contributed by atoms with van der Waals surface area (Å²) in [6.45, 7) is 3.77. The van der Waals surface area contributed by atoms with Gasteiger partial charge in [0.2, 0.25) is 0 Å². The minimum atomic E-state index is -0.437. The van der Waals surface area contributed by atoms with E-state index < -0.39 is 5.41 Å². The first-order chi connectivity index (χ1) is 6.10. The van der Waals surface area contributed by atoms with Crippen LogP contribution >= 0.6 is 12.4 Å². The minimum absolute atomic E-state index is 0. The molecule has 4 heteroatoms. The molecule has 0 fully saturated rings. The van der Waals surface area contributed by atoms with Gasteiger partial charge in [0.1, 0.15) is 0 Å². The number of nitrogens with one attached hydrogen (secondary N) is 1. The van der Waals surface area contributed by atoms with Gasteiger partial charge in [0.25, 0.3) is 0 Å². The largest absolute Gasteiger partial charge is 0.324 e. The van der Waals surface area contributed by atoms with Gasteiger partial charge in [-0.3, -0.25) is 5.84 Å². The summed E-state index contributed by atoms with van der Waals surface area (Å²) in [5, 5.41) is 8.88. The zero-order valence-electron chi connectivity index (χ0n) is 8.24. The second kappa shape index (κ2) is 4.85. The number of halogens is 1. The van der Waals surface area contributed by atoms with Crippen LogP contribution in [0.1, 0.15) is 19.4 Å². The van der Waals surface area contributed by atoms with Gasteiger partial charge in [0.05, 0.1) is 11.5 Å². The summed E-state index contributed by atoms with van der Waals surface area (Å²) in [6, 6.07) is 9.76. The topological polar surface area (TPSA) is 61.8 Å². The third kappa shape index (κ3) is 2.63. The SMILES string of the molecule is CC(C)(C#N)c1ccc(NN)cc1.Cl. The van der Waals surface area contributed by atoms with Crippen molar-refractivity contribution in [2.24, 2.45) is 5.84 Å². The summed E-state index contributed by atoms with van der Waals surface area (Å²) < 4.78 is 0. The first kappa shape index (κ1) is 12.8. The monoisotopic (exact) mass is 211 g/mol. The summed E-state index contributed by atoms with van der Waals surface area (Å²) in [5.74, 6) is 5.23. The molecule has 0 spiro atoms. The maximum atomic E-state index is 8.88. The van der Waals surface area contributed by atoms with Crippen molar-refractivity contribution in [3.8, 4) is 6.07 Å². The Morgan fingerprint density at radius 1 is 1.29 bits per heavy atom. The number of nitrogens with two attached hydrogens (primary N) is 1. The van der Waals surface area contributed by atoms with Crippen LogP contribution in [0.5, 0.6) is 0 Å². The van der Waals surface area contributed by atoms with Gasteiger partial charge in [0.15, 0.2) is 0 Å². The average molecular weight is 212 g/mol. The van der Waals surface area contributed by atoms with Crippen molar-refractivity contribution in [2.75, 3.05) is 5.43 Å². The molecule has 1 aromatic carbocycles. The summed E-state index contributed by atoms with van der Waals surface area (Å²) in [4.78, 5) is 0. The van der Waals surface area contributed by atoms with Gasteiger partial charge in [-0.15, -0.1) is 12.4 Å². The molecule has 0 saturated carbocycles. The number of nitrogen functional groups attached to an aromatic ring is 1. The lowest BCUT2D eigenvalue weighted by Crippen LogP contribution is -2.14. The van der Waals surface area contributed by atoms with Gasteiger partial charge < -0.3 is 5.43 Å². The van der Waals surface area contributed by atoms with Crippen LogP contribution in [0.15, 0.2) is 24.3 Å². The van der Waals surface area contributed by atoms with Crippen LogP contribution in [0, 0.1) is 11.3 Å². The molecule has 1 rings (SSSR count). The first-order valence-electron chi connectivity index (χ1n) is 4.08. The summed E-state index contributed by atoms with van der Waals surface area (Å²) in [6.07, 6.45) is 0. The predicted octanol–water partition coefficient (Wildman–Crippen LogP) is 2.20. The normalized spacial score (nSPS) is 9.86. The zero-order valence-corrected chi connectivity index (χ0v) is 9.06. The molecule has 3 N–H and O–H groups in total. The van der Waals surface area contributed by atoms with Crippen LogP contribution in [0.3, 0.4) is 0 Å². The van der Waals surface area contributed by atoms with Crippen LogP contribution in [0.25, 0.3) is 0 Å². The van der Waals surface area contributed by atoms with Crippen molar-refractivity contribution < 1.29 is 0 Å². The lowest BCUT2D eigenvalue weighted by molar-refractivity contribution is 0.687. The van der Waals surface area contributed by atoms with Crippen molar-refractivity contribution in [1.82, 2.24) is 0 Å². The summed E-state index contributed by atoms with van der Waals surface area (Å²) in [7, 11) is 0. The van der Waals surface area contributed by atoms with Crippen LogP contribution in [-0.2, 0) is 5.41 Å². The number of benzene rings is 1. The number of nitrogens with zero attached hydrogens (tertiary/aromatic N) is 1. The van der Waals surface area contributed by atoms with Crippen molar-refractivity contribution >= 4 is 18.1 Å². The molecule has 0 unspecified atom stereocenters. The highest BCUT2D eigenvalue weighted by atomic mass is 35.5. The molecular formula is C10H14ClN3. The maximum Gasteiger partial charge on any atom is 0.0766 e. The van der Waals surface area contributed by atoms with E-state index in [1.807, 2.05) is 38.1 Å². The molecule has 1 aromatic rings. The molecule has 0 aliphatic heterocycles. The number of rotatable bonds is 2. The Bertz CT molecular complexity index is 324. The van der Waals surface area contributed by atoms with Crippen molar-refractivity contribution in [2.45, 2.75) is 19.3 Å². The fraction of sp³-hybridized carbons (Fsp3) is 0.300. The van der Waals surface area contributed by atoms with Gasteiger partial charge in [-0.2, -0.15) is 5.26 Å². The second-order valence-electron chi connectivity index (χ2n) is 3.46. The average Bonchev–Trinajstić information content (AvgIpc) is 2.18. The zero-order chi connectivity index (χ0) is 9.90. The number of hydrogen-bond acceptors (Lipinski definition) is 3. The Kier molecular flexibility index (Phi) is 4.42. The predicted molar refractivity (Wildman–Crippen MR) is 60.1 cm³/mol. The fourth-order valence-corrected chi connectivity index (χ4v) is 1.05. The quantitative estimate of drug-likeness (QED) is 0.582. The van der Waals surface area contributed by atoms with Crippen molar-refractivity contribution in [3.05, 3.63) is 29.8 Å². The van der Waals surface area contributed by atoms with E-state index in [-0.39, 0.29) is 12.4 Å². The highest BCUT2D eigenvalue weighted by molar-refractivity contribution is 5.85. The van der Waals surface area contributed by atoms with E-state index in [1.165, 1.54) is 0 Å². The molecule has 0 bridgehead atoms. The highest BCUT2D eigenvalue weighted by Crippen LogP contribution is 2.22. The molecule has 0 aliphatic rings. The van der Waals surface area contributed by atoms with E-state index in [0.29, 0.717) is 0 Å². The van der Waals surface area contributed by atoms with E-state index in [1.54, 1.807) is 0 Å². The summed E-state index contributed by atoms with van der Waals surface area (Å²) in [5.41, 5.74) is 3.94. The second-order valence-corrected chi connectivity index (χ2v) is 3.46. The molecule has 14 heavy (non-hydrogen) atoms. The number of nitriles is 1. The molecular weight excluding hydrogens is 198 g/mol. The van der Waals surface area contributed by atoms with Crippen LogP contribution in [-0.4, -0.2) is 0 Å². The van der Waals surface area contributed by atoms with E-state index in [4.69, 9.17) is 11.1 Å². The molecule has 0 radical (unpaired) electrons. The van der Waals surface area contributed by atoms with Gasteiger partial charge >= 0.3 is 0 Å². The highest BCUT2D eigenvalue weighted by Gasteiger charge is 2.18. The number of hydrogen-bond donors (Lipinski definition) is 2. The Hall–Kier alpha value is -1.24. The molecule has 0 amide bonds. The van der Waals surface area contributed by atoms with E-state index in [0.717, 1.165) is 11.3 Å². The Morgan fingerprint density at radius 2 is 1.79 bits per heavy atom. The summed E-state index contributed by atoms with van der Waals surface area (Å²) >= 11 is 0. The van der Waals surface area contributed by atoms with E-state index in [9.17, 15) is 0 Å². The minimum Gasteiger partial charge on any atom is -0.324 e. The fourth-order valence-electron chi connectivity index (χ4n) is 1.05. The van der Waals surface area contributed by atoms with E-state index >= 15 is 0 Å². The standard InChI is InChI=1S/C10H13N3.ClH/c1-10(2,7-11)8-3-5-9(13-12)6-4-8;/h3-6,13H,12H2,1-2H3;1H. The molecule has 0 aromatic heterocycles. The molecule has 0 aliphatic carbocycles. The Labute approximate surface area is 90.3 Å². The lowest BCUT2D eigenvalue weighted by atomic mass is 9.86. The van der Waals surface area contributed by atoms with Crippen molar-refractivity contribution in [1.29, 1.82) is 5.26 Å². The van der Waals surface area contributed by atoms with Gasteiger partial charge in [-0.25, -0.2) is 0 Å². The van der Waals surface area contributed by atoms with Gasteiger partial charge in [-0.1, -0.05) is 12.1 Å². The number of hydrazine groups is 1. The van der Waals surface area contributed by atoms with Gasteiger partial charge in [-0.05, 0) is 31.5 Å². The van der Waals surface area contributed by atoms with Crippen LogP contribution in [0.2, 0.25) is 0 Å². The van der Waals surface area contributed by atoms with Crippen molar-refractivity contribution in [3.63, 3.8) is 0 Å². The third-order valence-corrected chi connectivity index (χ3v) is 2.05. The maximum absolute atomic E-state index is 8.88. The smallest absolute Gasteiger partial charge is 0.0766 e. The Balaban J connectivity index is 0.00000169. The third-order valence-electron chi connectivity index (χ3n) is 2.05. The lowest BCUT2D eigenvalue weighted by Gasteiger charge is -2.15. The molecule has 3 nitrogen and oxygen atoms in total. The molecule has 76 valence electrons. The molecule has 0 saturated heterocycles. The number of anilines is 1. The van der Waals surface area contributed by atoms with E-state index in [2.05, 4.69) is 11.5 Å². The Morgan fingerprint density at radius 3 is 2.14 bits per heavy atom. The first-order valence-corrected chi connectivity index (χ1v) is 4.08. The molecule has 0 atom stereocenters. The van der Waals surface area contributed by atoms with Gasteiger partial charge in [0, 0.05) is 5.69 Å². The van der Waals surface area contributed by atoms with Crippen LogP contribution < -0.4 is 11.3 Å². The van der Waals surface area contributed by atoms with Crippen LogP contribution in [0.4, 0.5) is 5.69 Å². The molecule has 0 heterocycles.